The Balaban J connectivity index is 1.89. The minimum absolute atomic E-state index is 0.457. The van der Waals surface area contributed by atoms with E-state index in [1.807, 2.05) is 109 Å². The molecule has 1 fully saturated rings. The molecule has 1 aliphatic rings. The number of ether oxygens (including phenoxy) is 1. The van der Waals surface area contributed by atoms with E-state index in [9.17, 15) is 4.79 Å². The predicted octanol–water partition coefficient (Wildman–Crippen LogP) is 5.99. The Labute approximate surface area is 195 Å². The van der Waals surface area contributed by atoms with E-state index in [1.54, 1.807) is 0 Å². The number of rotatable bonds is 3. The van der Waals surface area contributed by atoms with Crippen LogP contribution in [0.5, 0.6) is 0 Å². The average molecular weight is 446 g/mol. The summed E-state index contributed by atoms with van der Waals surface area (Å²) < 4.78 is 19.9. The number of benzene rings is 2. The summed E-state index contributed by atoms with van der Waals surface area (Å²) in [6, 6.07) is 17.4. The molecule has 3 aromatic rings. The third-order valence-corrected chi connectivity index (χ3v) is 6.06. The molecular weight excluding hydrogens is 415 g/mol. The first-order valence-electron chi connectivity index (χ1n) is 11.2. The van der Waals surface area contributed by atoms with Crippen molar-refractivity contribution in [3.05, 3.63) is 66.0 Å². The second-order valence-corrected chi connectivity index (χ2v) is 10.3. The number of carbonyl (C=O) groups is 1. The number of fused-ring (bicyclic) bond motifs is 1. The first-order valence-corrected chi connectivity index (χ1v) is 11.2. The van der Waals surface area contributed by atoms with Crippen molar-refractivity contribution in [1.82, 2.24) is 9.55 Å². The molecule has 0 amide bonds. The molecule has 0 atom stereocenters. The van der Waals surface area contributed by atoms with Crippen LogP contribution in [0.3, 0.4) is 0 Å². The lowest BCUT2D eigenvalue weighted by Gasteiger charge is -2.32. The summed E-state index contributed by atoms with van der Waals surface area (Å²) in [5.41, 5.74) is 1.45. The van der Waals surface area contributed by atoms with E-state index >= 15 is 0 Å². The van der Waals surface area contributed by atoms with E-state index < -0.39 is 30.0 Å². The van der Waals surface area contributed by atoms with Gasteiger partial charge in [0.25, 0.3) is 0 Å². The summed E-state index contributed by atoms with van der Waals surface area (Å²) in [4.78, 5) is 18.0. The first kappa shape index (κ1) is 23.3. The maximum atomic E-state index is 13.2. The first-order chi connectivity index (χ1) is 15.4. The van der Waals surface area contributed by atoms with Crippen LogP contribution in [-0.2, 0) is 14.0 Å². The maximum absolute atomic E-state index is 13.2. The van der Waals surface area contributed by atoms with Gasteiger partial charge in [-0.25, -0.2) is 14.3 Å². The SMILES string of the molecule is CC(C)(C)OC(=O)n1c(/C=C(/B2OC(C)(C)C(C)(C)O2)c2ccccc2)nc2ccccc21. The van der Waals surface area contributed by atoms with E-state index in [2.05, 4.69) is 0 Å². The highest BCUT2D eigenvalue weighted by atomic mass is 16.7. The van der Waals surface area contributed by atoms with Crippen LogP contribution in [0, 0.1) is 0 Å². The van der Waals surface area contributed by atoms with E-state index in [0.717, 1.165) is 11.0 Å². The van der Waals surface area contributed by atoms with Crippen LogP contribution in [0.2, 0.25) is 0 Å². The fraction of sp³-hybridized carbons (Fsp3) is 0.385. The van der Waals surface area contributed by atoms with E-state index in [4.69, 9.17) is 19.0 Å². The summed E-state index contributed by atoms with van der Waals surface area (Å²) in [7, 11) is -0.621. The van der Waals surface area contributed by atoms with Gasteiger partial charge in [-0.1, -0.05) is 42.5 Å². The molecule has 7 heteroatoms. The number of nitrogens with zero attached hydrogens (tertiary/aromatic N) is 2. The summed E-state index contributed by atoms with van der Waals surface area (Å²) >= 11 is 0. The molecule has 0 N–H and O–H groups in total. The zero-order valence-corrected chi connectivity index (χ0v) is 20.4. The largest absolute Gasteiger partial charge is 0.495 e. The molecule has 0 aliphatic carbocycles. The third kappa shape index (κ3) is 4.61. The van der Waals surface area contributed by atoms with Crippen LogP contribution in [0.4, 0.5) is 4.79 Å². The van der Waals surface area contributed by atoms with Gasteiger partial charge in [-0.3, -0.25) is 0 Å². The zero-order chi connectivity index (χ0) is 24.0. The van der Waals surface area contributed by atoms with E-state index in [-0.39, 0.29) is 0 Å². The Kier molecular flexibility index (Phi) is 5.75. The molecule has 0 unspecified atom stereocenters. The van der Waals surface area contributed by atoms with Crippen molar-refractivity contribution >= 4 is 35.8 Å². The summed E-state index contributed by atoms with van der Waals surface area (Å²) in [6.07, 6.45) is 1.38. The third-order valence-electron chi connectivity index (χ3n) is 6.06. The topological polar surface area (TPSA) is 62.6 Å². The smallest absolute Gasteiger partial charge is 0.443 e. The summed E-state index contributed by atoms with van der Waals surface area (Å²) in [6.45, 7) is 13.6. The van der Waals surface area contributed by atoms with Gasteiger partial charge in [0.2, 0.25) is 0 Å². The lowest BCUT2D eigenvalue weighted by atomic mass is 9.73. The van der Waals surface area contributed by atoms with Crippen molar-refractivity contribution in [1.29, 1.82) is 0 Å². The normalized spacial score (nSPS) is 18.0. The Bertz CT molecular complexity index is 1190. The molecule has 0 saturated carbocycles. The molecule has 172 valence electrons. The Morgan fingerprint density at radius 1 is 0.970 bits per heavy atom. The average Bonchev–Trinajstić information content (AvgIpc) is 3.18. The Morgan fingerprint density at radius 3 is 2.15 bits per heavy atom. The molecule has 2 aromatic carbocycles. The number of hydrogen-bond acceptors (Lipinski definition) is 5. The van der Waals surface area contributed by atoms with Gasteiger partial charge in [0, 0.05) is 0 Å². The van der Waals surface area contributed by atoms with Gasteiger partial charge < -0.3 is 14.0 Å². The fourth-order valence-electron chi connectivity index (χ4n) is 3.67. The highest BCUT2D eigenvalue weighted by molar-refractivity contribution is 6.70. The van der Waals surface area contributed by atoms with Crippen LogP contribution in [0.25, 0.3) is 22.6 Å². The molecule has 0 radical (unpaired) electrons. The minimum atomic E-state index is -0.641. The number of carbonyl (C=O) groups excluding carboxylic acids is 1. The molecule has 0 spiro atoms. The molecule has 1 aromatic heterocycles. The van der Waals surface area contributed by atoms with Gasteiger partial charge in [-0.2, -0.15) is 0 Å². The van der Waals surface area contributed by atoms with Gasteiger partial charge in [0.1, 0.15) is 11.4 Å². The van der Waals surface area contributed by atoms with Gasteiger partial charge in [0.15, 0.2) is 0 Å². The second-order valence-electron chi connectivity index (χ2n) is 10.3. The highest BCUT2D eigenvalue weighted by Crippen LogP contribution is 2.41. The molecule has 4 rings (SSSR count). The maximum Gasteiger partial charge on any atom is 0.495 e. The highest BCUT2D eigenvalue weighted by Gasteiger charge is 2.52. The van der Waals surface area contributed by atoms with Crippen molar-refractivity contribution in [2.24, 2.45) is 0 Å². The fourth-order valence-corrected chi connectivity index (χ4v) is 3.67. The zero-order valence-electron chi connectivity index (χ0n) is 20.4. The van der Waals surface area contributed by atoms with Crippen LogP contribution < -0.4 is 0 Å². The molecule has 33 heavy (non-hydrogen) atoms. The molecule has 0 bridgehead atoms. The number of aromatic nitrogens is 2. The summed E-state index contributed by atoms with van der Waals surface area (Å²) in [5, 5.41) is 0. The lowest BCUT2D eigenvalue weighted by Crippen LogP contribution is -2.41. The van der Waals surface area contributed by atoms with Crippen molar-refractivity contribution in [2.45, 2.75) is 65.3 Å². The molecular formula is C26H31BN2O4. The van der Waals surface area contributed by atoms with Crippen molar-refractivity contribution in [3.8, 4) is 0 Å². The van der Waals surface area contributed by atoms with Crippen molar-refractivity contribution in [3.63, 3.8) is 0 Å². The molecule has 2 heterocycles. The van der Waals surface area contributed by atoms with Gasteiger partial charge >= 0.3 is 13.2 Å². The monoisotopic (exact) mass is 446 g/mol. The Hall–Kier alpha value is -2.90. The van der Waals surface area contributed by atoms with E-state index in [1.165, 1.54) is 4.57 Å². The standard InChI is InChI=1S/C26H31BN2O4/c1-24(2,3)31-23(30)29-21-16-12-11-15-20(21)28-22(29)17-19(18-13-9-8-10-14-18)27-32-25(4,5)26(6,7)33-27/h8-17H,1-7H3/b19-17+. The number of para-hydroxylation sites is 2. The van der Waals surface area contributed by atoms with Crippen LogP contribution in [0.1, 0.15) is 59.9 Å². The number of imidazole rings is 1. The van der Waals surface area contributed by atoms with Crippen LogP contribution >= 0.6 is 0 Å². The minimum Gasteiger partial charge on any atom is -0.443 e. The molecule has 1 saturated heterocycles. The molecule has 1 aliphatic heterocycles. The lowest BCUT2D eigenvalue weighted by molar-refractivity contribution is 0.00578. The van der Waals surface area contributed by atoms with Gasteiger partial charge in [0.05, 0.1) is 22.2 Å². The second kappa shape index (κ2) is 8.15. The molecule has 6 nitrogen and oxygen atoms in total. The predicted molar refractivity (Wildman–Crippen MR) is 132 cm³/mol. The van der Waals surface area contributed by atoms with E-state index in [0.29, 0.717) is 16.9 Å². The van der Waals surface area contributed by atoms with Gasteiger partial charge in [-0.05, 0) is 77.7 Å². The quantitative estimate of drug-likeness (QED) is 0.463. The van der Waals surface area contributed by atoms with Crippen LogP contribution in [-0.4, -0.2) is 39.6 Å². The Morgan fingerprint density at radius 2 is 1.55 bits per heavy atom. The summed E-state index contributed by atoms with van der Waals surface area (Å²) in [5.74, 6) is 0.457. The van der Waals surface area contributed by atoms with Gasteiger partial charge in [-0.15, -0.1) is 0 Å². The van der Waals surface area contributed by atoms with Crippen molar-refractivity contribution < 1.29 is 18.8 Å². The van der Waals surface area contributed by atoms with Crippen molar-refractivity contribution in [2.75, 3.05) is 0 Å². The number of hydrogen-bond donors (Lipinski definition) is 0. The van der Waals surface area contributed by atoms with Crippen LogP contribution in [0.15, 0.2) is 54.6 Å².